The van der Waals surface area contributed by atoms with Crippen LogP contribution in [0.15, 0.2) is 0 Å². The van der Waals surface area contributed by atoms with Crippen LogP contribution in [0.5, 0.6) is 0 Å². The predicted octanol–water partition coefficient (Wildman–Crippen LogP) is 0.188. The predicted molar refractivity (Wildman–Crippen MR) is 36.8 cm³/mol. The van der Waals surface area contributed by atoms with E-state index in [1.54, 1.807) is 0 Å². The van der Waals surface area contributed by atoms with Gasteiger partial charge in [0.15, 0.2) is 0 Å². The van der Waals surface area contributed by atoms with Gasteiger partial charge in [0.25, 0.3) is 0 Å². The summed E-state index contributed by atoms with van der Waals surface area (Å²) < 4.78 is 4.27. The number of nitrogens with one attached hydrogen (secondary N) is 1. The van der Waals surface area contributed by atoms with E-state index in [0.29, 0.717) is 0 Å². The van der Waals surface area contributed by atoms with E-state index in [2.05, 4.69) is 4.74 Å². The van der Waals surface area contributed by atoms with Gasteiger partial charge in [-0.3, -0.25) is 4.79 Å². The molecule has 0 aromatic carbocycles. The van der Waals surface area contributed by atoms with Gasteiger partial charge in [0.2, 0.25) is 0 Å². The average Bonchev–Trinajstić information content (AvgIpc) is 1.92. The Morgan fingerprint density at radius 3 is 2.27 bits per heavy atom. The Balaban J connectivity index is -0.000000196. The number of esters is 1. The molecule has 0 bridgehead atoms. The standard InChI is InChI=1S/C4H6NO3.C2H6.Rh/c1-4(7)8-3-5-2-6;1-2;/h3H2,1H3,(H,5,6);1-2H3;/q-1;;. The normalized spacial score (nSPS) is 6.09. The molecule has 11 heavy (non-hydrogen) atoms. The van der Waals surface area contributed by atoms with Crippen LogP contribution in [0, 0.1) is 0 Å². The van der Waals surface area contributed by atoms with Gasteiger partial charge in [0.1, 0.15) is 6.73 Å². The van der Waals surface area contributed by atoms with E-state index in [-0.39, 0.29) is 26.2 Å². The zero-order valence-corrected chi connectivity index (χ0v) is 8.40. The quantitative estimate of drug-likeness (QED) is 0.194. The Morgan fingerprint density at radius 1 is 1.55 bits per heavy atom. The second-order valence-electron chi connectivity index (χ2n) is 1.06. The molecule has 0 aromatic rings. The Kier molecular flexibility index (Phi) is 25.0. The number of hydrogen-bond acceptors (Lipinski definition) is 3. The topological polar surface area (TPSA) is 55.4 Å². The fraction of sp³-hybridized carbons (Fsp3) is 0.667. The maximum Gasteiger partial charge on any atom is 0.304 e. The molecule has 0 unspecified atom stereocenters. The van der Waals surface area contributed by atoms with E-state index < -0.39 is 5.97 Å². The summed E-state index contributed by atoms with van der Waals surface area (Å²) in [7, 11) is 0. The molecule has 0 heterocycles. The summed E-state index contributed by atoms with van der Waals surface area (Å²) in [6, 6.07) is 0. The third-order valence-electron chi connectivity index (χ3n) is 0.420. The molecule has 0 spiro atoms. The summed E-state index contributed by atoms with van der Waals surface area (Å²) in [6.07, 6.45) is 1.35. The molecule has 0 aromatic heterocycles. The van der Waals surface area contributed by atoms with E-state index in [4.69, 9.17) is 0 Å². The number of ether oxygens (including phenoxy) is 1. The van der Waals surface area contributed by atoms with Crippen LogP contribution in [0.1, 0.15) is 20.8 Å². The van der Waals surface area contributed by atoms with Crippen LogP contribution in [0.2, 0.25) is 0 Å². The largest absolute Gasteiger partial charge is 0.520 e. The summed E-state index contributed by atoms with van der Waals surface area (Å²) in [6.45, 7) is 5.16. The Bertz CT molecular complexity index is 97.8. The van der Waals surface area contributed by atoms with Crippen molar-refractivity contribution in [2.45, 2.75) is 20.8 Å². The number of carbonyl (C=O) groups excluding carboxylic acids is 2. The first-order chi connectivity index (χ1) is 4.77. The molecule has 1 N–H and O–H groups in total. The van der Waals surface area contributed by atoms with Crippen molar-refractivity contribution in [3.05, 3.63) is 0 Å². The van der Waals surface area contributed by atoms with Crippen molar-refractivity contribution in [3.63, 3.8) is 0 Å². The summed E-state index contributed by atoms with van der Waals surface area (Å²) in [5, 5.41) is 2.03. The molecule has 1 radical (unpaired) electrons. The van der Waals surface area contributed by atoms with Crippen molar-refractivity contribution < 1.29 is 33.8 Å². The number of rotatable bonds is 3. The first-order valence-electron chi connectivity index (χ1n) is 3.00. The van der Waals surface area contributed by atoms with Crippen LogP contribution in [0.25, 0.3) is 0 Å². The second-order valence-corrected chi connectivity index (χ2v) is 1.06. The van der Waals surface area contributed by atoms with Crippen molar-refractivity contribution >= 4 is 12.4 Å². The van der Waals surface area contributed by atoms with Crippen LogP contribution in [-0.4, -0.2) is 19.1 Å². The summed E-state index contributed by atoms with van der Waals surface area (Å²) in [4.78, 5) is 19.3. The average molecular weight is 249 g/mol. The van der Waals surface area contributed by atoms with Gasteiger partial charge in [-0.1, -0.05) is 13.8 Å². The number of carbonyl (C=O) groups is 1. The minimum absolute atomic E-state index is 0. The Morgan fingerprint density at radius 2 is 2.00 bits per heavy atom. The minimum atomic E-state index is -0.423. The Hall–Kier alpha value is -0.437. The Labute approximate surface area is 79.4 Å². The second kappa shape index (κ2) is 16.3. The zero-order chi connectivity index (χ0) is 8.41. The molecule has 4 nitrogen and oxygen atoms in total. The summed E-state index contributed by atoms with van der Waals surface area (Å²) in [5.74, 6) is -0.423. The van der Waals surface area contributed by atoms with Gasteiger partial charge in [-0.05, 0) is 0 Å². The third kappa shape index (κ3) is 26.3. The van der Waals surface area contributed by atoms with Gasteiger partial charge in [-0.25, -0.2) is 0 Å². The van der Waals surface area contributed by atoms with Gasteiger partial charge < -0.3 is 14.8 Å². The zero-order valence-electron chi connectivity index (χ0n) is 6.77. The van der Waals surface area contributed by atoms with Gasteiger partial charge >= 0.3 is 5.97 Å². The van der Waals surface area contributed by atoms with Crippen molar-refractivity contribution in [3.8, 4) is 0 Å². The summed E-state index contributed by atoms with van der Waals surface area (Å²) >= 11 is 0. The van der Waals surface area contributed by atoms with E-state index in [0.717, 1.165) is 0 Å². The molecule has 0 saturated carbocycles. The van der Waals surface area contributed by atoms with Crippen molar-refractivity contribution in [2.24, 2.45) is 0 Å². The molecular formula is C6H12NO3Rh-. The smallest absolute Gasteiger partial charge is 0.304 e. The molecule has 0 aliphatic heterocycles. The number of hydrogen-bond donors (Lipinski definition) is 1. The molecule has 0 fully saturated rings. The molecule has 1 amide bonds. The SMILES string of the molecule is CC.CC(=O)OCN[C-]=O.[Rh]. The third-order valence-corrected chi connectivity index (χ3v) is 0.420. The van der Waals surface area contributed by atoms with E-state index in [1.165, 1.54) is 13.3 Å². The molecule has 5 heteroatoms. The minimum Gasteiger partial charge on any atom is -0.520 e. The summed E-state index contributed by atoms with van der Waals surface area (Å²) in [5.41, 5.74) is 0. The van der Waals surface area contributed by atoms with E-state index >= 15 is 0 Å². The van der Waals surface area contributed by atoms with E-state index in [1.807, 2.05) is 19.2 Å². The van der Waals surface area contributed by atoms with Crippen molar-refractivity contribution in [1.82, 2.24) is 5.32 Å². The van der Waals surface area contributed by atoms with Crippen LogP contribution in [0.3, 0.4) is 0 Å². The van der Waals surface area contributed by atoms with Gasteiger partial charge in [0, 0.05) is 26.4 Å². The molecule has 69 valence electrons. The van der Waals surface area contributed by atoms with Crippen LogP contribution < -0.4 is 5.32 Å². The van der Waals surface area contributed by atoms with Crippen LogP contribution in [-0.2, 0) is 33.8 Å². The van der Waals surface area contributed by atoms with Gasteiger partial charge in [-0.2, -0.15) is 6.41 Å². The molecule has 0 atom stereocenters. The van der Waals surface area contributed by atoms with Crippen LogP contribution in [0.4, 0.5) is 0 Å². The maximum absolute atomic E-state index is 9.93. The first kappa shape index (κ1) is 16.9. The van der Waals surface area contributed by atoms with Crippen LogP contribution >= 0.6 is 0 Å². The molecular weight excluding hydrogens is 237 g/mol. The molecule has 0 saturated heterocycles. The molecule has 0 aliphatic rings. The van der Waals surface area contributed by atoms with Crippen molar-refractivity contribution in [2.75, 3.05) is 6.73 Å². The van der Waals surface area contributed by atoms with Gasteiger partial charge in [0.05, 0.1) is 0 Å². The number of amides is 1. The fourth-order valence-electron chi connectivity index (χ4n) is 0.167. The van der Waals surface area contributed by atoms with Crippen molar-refractivity contribution in [1.29, 1.82) is 0 Å². The van der Waals surface area contributed by atoms with E-state index in [9.17, 15) is 9.59 Å². The molecule has 0 aliphatic carbocycles. The van der Waals surface area contributed by atoms with Gasteiger partial charge in [-0.15, -0.1) is 0 Å². The monoisotopic (exact) mass is 249 g/mol. The fourth-order valence-corrected chi connectivity index (χ4v) is 0.167. The first-order valence-corrected chi connectivity index (χ1v) is 3.00. The molecule has 0 rings (SSSR count). The maximum atomic E-state index is 9.93.